The fraction of sp³-hybridized carbons (Fsp3) is 0.455. The van der Waals surface area contributed by atoms with Crippen molar-refractivity contribution in [1.82, 2.24) is 4.72 Å². The highest BCUT2D eigenvalue weighted by Gasteiger charge is 2.09. The summed E-state index contributed by atoms with van der Waals surface area (Å²) < 4.78 is 25.2. The van der Waals surface area contributed by atoms with Crippen LogP contribution in [-0.4, -0.2) is 33.7 Å². The number of aliphatic hydroxyl groups excluding tert-OH is 1. The summed E-state index contributed by atoms with van der Waals surface area (Å²) in [5, 5.41) is 11.8. The first-order chi connectivity index (χ1) is 8.10. The van der Waals surface area contributed by atoms with Crippen molar-refractivity contribution >= 4 is 15.7 Å². The Morgan fingerprint density at radius 3 is 2.35 bits per heavy atom. The minimum atomic E-state index is -3.35. The van der Waals surface area contributed by atoms with Gasteiger partial charge < -0.3 is 10.4 Å². The van der Waals surface area contributed by atoms with E-state index in [2.05, 4.69) is 10.0 Å². The molecule has 1 aromatic rings. The normalized spacial score (nSPS) is 11.4. The van der Waals surface area contributed by atoms with E-state index < -0.39 is 10.0 Å². The van der Waals surface area contributed by atoms with Gasteiger partial charge in [-0.1, -0.05) is 0 Å². The lowest BCUT2D eigenvalue weighted by Gasteiger charge is -2.07. The summed E-state index contributed by atoms with van der Waals surface area (Å²) >= 11 is 0. The molecule has 0 bridgehead atoms. The molecule has 0 spiro atoms. The van der Waals surface area contributed by atoms with E-state index in [1.807, 2.05) is 0 Å². The van der Waals surface area contributed by atoms with Gasteiger partial charge in [0, 0.05) is 18.8 Å². The maximum absolute atomic E-state index is 11.5. The lowest BCUT2D eigenvalue weighted by atomic mass is 10.3. The summed E-state index contributed by atoms with van der Waals surface area (Å²) in [6.07, 6.45) is 1.65. The fourth-order valence-corrected chi connectivity index (χ4v) is 2.07. The van der Waals surface area contributed by atoms with Crippen LogP contribution in [0.15, 0.2) is 29.2 Å². The van der Waals surface area contributed by atoms with Crippen LogP contribution in [-0.2, 0) is 10.0 Å². The Kier molecular flexibility index (Phi) is 5.40. The topological polar surface area (TPSA) is 78.4 Å². The zero-order valence-electron chi connectivity index (χ0n) is 9.81. The molecule has 3 N–H and O–H groups in total. The molecule has 6 heteroatoms. The molecule has 0 atom stereocenters. The molecule has 1 aromatic carbocycles. The number of benzene rings is 1. The molecule has 5 nitrogen and oxygen atoms in total. The third-order valence-corrected chi connectivity index (χ3v) is 3.78. The van der Waals surface area contributed by atoms with E-state index in [9.17, 15) is 8.42 Å². The molecule has 0 saturated carbocycles. The molecule has 0 fully saturated rings. The van der Waals surface area contributed by atoms with Crippen molar-refractivity contribution in [3.8, 4) is 0 Å². The van der Waals surface area contributed by atoms with Crippen LogP contribution in [0.1, 0.15) is 12.8 Å². The van der Waals surface area contributed by atoms with Crippen LogP contribution in [0.2, 0.25) is 0 Å². The quantitative estimate of drug-likeness (QED) is 0.632. The minimum absolute atomic E-state index is 0.195. The van der Waals surface area contributed by atoms with Gasteiger partial charge in [0.1, 0.15) is 0 Å². The van der Waals surface area contributed by atoms with Crippen LogP contribution in [0.25, 0.3) is 0 Å². The predicted molar refractivity (Wildman–Crippen MR) is 67.5 cm³/mol. The molecule has 96 valence electrons. The standard InChI is InChI=1S/C11H18N2O3S/c1-12-17(15,16)11-6-4-10(5-7-11)13-8-2-3-9-14/h4-7,12-14H,2-3,8-9H2,1H3. The Hall–Kier alpha value is -1.11. The second-order valence-electron chi connectivity index (χ2n) is 3.59. The molecule has 0 aliphatic heterocycles. The Balaban J connectivity index is 2.57. The molecular weight excluding hydrogens is 240 g/mol. The van der Waals surface area contributed by atoms with E-state index in [4.69, 9.17) is 5.11 Å². The van der Waals surface area contributed by atoms with Crippen LogP contribution < -0.4 is 10.0 Å². The SMILES string of the molecule is CNS(=O)(=O)c1ccc(NCCCCO)cc1. The number of aliphatic hydroxyl groups is 1. The highest BCUT2D eigenvalue weighted by Crippen LogP contribution is 2.13. The van der Waals surface area contributed by atoms with Crippen molar-refractivity contribution in [2.24, 2.45) is 0 Å². The number of hydrogen-bond acceptors (Lipinski definition) is 4. The number of nitrogens with one attached hydrogen (secondary N) is 2. The van der Waals surface area contributed by atoms with E-state index in [0.29, 0.717) is 0 Å². The highest BCUT2D eigenvalue weighted by molar-refractivity contribution is 7.89. The van der Waals surface area contributed by atoms with Crippen molar-refractivity contribution in [3.63, 3.8) is 0 Å². The van der Waals surface area contributed by atoms with Gasteiger partial charge in [-0.3, -0.25) is 0 Å². The van der Waals surface area contributed by atoms with Crippen molar-refractivity contribution in [2.45, 2.75) is 17.7 Å². The second-order valence-corrected chi connectivity index (χ2v) is 5.48. The first-order valence-corrected chi connectivity index (χ1v) is 6.97. The van der Waals surface area contributed by atoms with Gasteiger partial charge in [0.05, 0.1) is 4.90 Å². The Bertz CT molecular complexity index is 429. The van der Waals surface area contributed by atoms with E-state index in [-0.39, 0.29) is 11.5 Å². The number of hydrogen-bond donors (Lipinski definition) is 3. The van der Waals surface area contributed by atoms with Crippen molar-refractivity contribution in [2.75, 3.05) is 25.5 Å². The first kappa shape index (κ1) is 14.0. The van der Waals surface area contributed by atoms with Crippen molar-refractivity contribution in [1.29, 1.82) is 0 Å². The predicted octanol–water partition coefficient (Wildman–Crippen LogP) is 0.779. The number of anilines is 1. The molecule has 0 amide bonds. The molecule has 0 saturated heterocycles. The molecule has 0 unspecified atom stereocenters. The zero-order chi connectivity index (χ0) is 12.7. The van der Waals surface area contributed by atoms with Crippen LogP contribution in [0.4, 0.5) is 5.69 Å². The third-order valence-electron chi connectivity index (χ3n) is 2.35. The first-order valence-electron chi connectivity index (χ1n) is 5.48. The highest BCUT2D eigenvalue weighted by atomic mass is 32.2. The Morgan fingerprint density at radius 2 is 1.82 bits per heavy atom. The van der Waals surface area contributed by atoms with Gasteiger partial charge in [-0.2, -0.15) is 0 Å². The van der Waals surface area contributed by atoms with E-state index >= 15 is 0 Å². The van der Waals surface area contributed by atoms with Crippen molar-refractivity contribution < 1.29 is 13.5 Å². The van der Waals surface area contributed by atoms with Gasteiger partial charge in [-0.15, -0.1) is 0 Å². The number of unbranched alkanes of at least 4 members (excludes halogenated alkanes) is 1. The lowest BCUT2D eigenvalue weighted by molar-refractivity contribution is 0.286. The lowest BCUT2D eigenvalue weighted by Crippen LogP contribution is -2.18. The largest absolute Gasteiger partial charge is 0.396 e. The average molecular weight is 258 g/mol. The monoisotopic (exact) mass is 258 g/mol. The Labute approximate surface area is 102 Å². The van der Waals surface area contributed by atoms with Crippen LogP contribution in [0.3, 0.4) is 0 Å². The van der Waals surface area contributed by atoms with Gasteiger partial charge in [0.25, 0.3) is 0 Å². The molecule has 1 rings (SSSR count). The van der Waals surface area contributed by atoms with Gasteiger partial charge in [0.15, 0.2) is 0 Å². The minimum Gasteiger partial charge on any atom is -0.396 e. The smallest absolute Gasteiger partial charge is 0.240 e. The summed E-state index contributed by atoms with van der Waals surface area (Å²) in [7, 11) is -1.97. The molecule has 0 radical (unpaired) electrons. The molecule has 0 aliphatic carbocycles. The molecular formula is C11H18N2O3S. The van der Waals surface area contributed by atoms with Gasteiger partial charge >= 0.3 is 0 Å². The molecule has 0 heterocycles. The summed E-state index contributed by atoms with van der Waals surface area (Å²) in [5.41, 5.74) is 0.873. The summed E-state index contributed by atoms with van der Waals surface area (Å²) in [4.78, 5) is 0.251. The summed E-state index contributed by atoms with van der Waals surface area (Å²) in [5.74, 6) is 0. The number of rotatable bonds is 7. The van der Waals surface area contributed by atoms with E-state index in [1.54, 1.807) is 24.3 Å². The molecule has 0 aromatic heterocycles. The summed E-state index contributed by atoms with van der Waals surface area (Å²) in [6, 6.07) is 6.56. The van der Waals surface area contributed by atoms with E-state index in [0.717, 1.165) is 25.1 Å². The van der Waals surface area contributed by atoms with E-state index in [1.165, 1.54) is 7.05 Å². The Morgan fingerprint density at radius 1 is 1.18 bits per heavy atom. The molecule has 0 aliphatic rings. The maximum atomic E-state index is 11.5. The third kappa shape index (κ3) is 4.33. The van der Waals surface area contributed by atoms with Crippen molar-refractivity contribution in [3.05, 3.63) is 24.3 Å². The zero-order valence-corrected chi connectivity index (χ0v) is 10.6. The second kappa shape index (κ2) is 6.58. The van der Waals surface area contributed by atoms with Gasteiger partial charge in [-0.25, -0.2) is 13.1 Å². The molecule has 17 heavy (non-hydrogen) atoms. The van der Waals surface area contributed by atoms with Gasteiger partial charge in [0.2, 0.25) is 10.0 Å². The maximum Gasteiger partial charge on any atom is 0.240 e. The summed E-state index contributed by atoms with van der Waals surface area (Å²) in [6.45, 7) is 0.958. The van der Waals surface area contributed by atoms with Gasteiger partial charge in [-0.05, 0) is 44.2 Å². The average Bonchev–Trinajstić information content (AvgIpc) is 2.35. The van der Waals surface area contributed by atoms with Crippen LogP contribution in [0, 0.1) is 0 Å². The number of sulfonamides is 1. The van der Waals surface area contributed by atoms with Crippen LogP contribution >= 0.6 is 0 Å². The fourth-order valence-electron chi connectivity index (χ4n) is 1.34. The van der Waals surface area contributed by atoms with Crippen LogP contribution in [0.5, 0.6) is 0 Å².